The maximum absolute atomic E-state index is 10.9. The monoisotopic (exact) mass is 237 g/mol. The van der Waals surface area contributed by atoms with E-state index in [1.165, 1.54) is 12.5 Å². The molecule has 0 aromatic heterocycles. The van der Waals surface area contributed by atoms with Crippen molar-refractivity contribution in [3.8, 4) is 0 Å². The van der Waals surface area contributed by atoms with Gasteiger partial charge >= 0.3 is 5.97 Å². The molecule has 0 amide bonds. The Labute approximate surface area is 93.3 Å². The van der Waals surface area contributed by atoms with Crippen LogP contribution < -0.4 is 0 Å². The maximum atomic E-state index is 10.9. The minimum Gasteiger partial charge on any atom is -0.480 e. The highest BCUT2D eigenvalue weighted by Crippen LogP contribution is 2.16. The van der Waals surface area contributed by atoms with Gasteiger partial charge in [-0.15, -0.1) is 0 Å². The summed E-state index contributed by atoms with van der Waals surface area (Å²) in [7, 11) is 0. The van der Waals surface area contributed by atoms with Gasteiger partial charge in [-0.3, -0.25) is 9.69 Å². The minimum absolute atomic E-state index is 0.0166. The Hall–Kier alpha value is -0.250. The lowest BCUT2D eigenvalue weighted by molar-refractivity contribution is -0.141. The molecule has 1 aliphatic rings. The molecule has 1 aliphatic heterocycles. The summed E-state index contributed by atoms with van der Waals surface area (Å²) in [5, 5.41) is 8.97. The highest BCUT2D eigenvalue weighted by molar-refractivity contribution is 6.56. The average Bonchev–Trinajstić information content (AvgIpc) is 2.15. The quantitative estimate of drug-likeness (QED) is 0.819. The molecule has 0 aromatic carbocycles. The Morgan fingerprint density at radius 2 is 1.86 bits per heavy atom. The van der Waals surface area contributed by atoms with E-state index in [0.717, 1.165) is 25.9 Å². The number of nitrogens with zero attached hydrogens (tertiary/aromatic N) is 1. The van der Waals surface area contributed by atoms with E-state index in [9.17, 15) is 4.79 Å². The lowest BCUT2D eigenvalue weighted by atomic mass is 10.1. The molecule has 1 unspecified atom stereocenters. The zero-order chi connectivity index (χ0) is 10.6. The van der Waals surface area contributed by atoms with E-state index in [1.54, 1.807) is 0 Å². The van der Waals surface area contributed by atoms with Gasteiger partial charge in [0.15, 0.2) is 0 Å². The summed E-state index contributed by atoms with van der Waals surface area (Å²) in [5.74, 6) is -0.898. The molecular weight excluding hydrogens is 225 g/mol. The first kappa shape index (κ1) is 11.8. The van der Waals surface area contributed by atoms with Crippen LogP contribution in [0.3, 0.4) is 0 Å². The van der Waals surface area contributed by atoms with Crippen LogP contribution in [0.5, 0.6) is 0 Å². The van der Waals surface area contributed by atoms with Crippen molar-refractivity contribution in [3.05, 3.63) is 10.6 Å². The molecule has 1 saturated heterocycles. The van der Waals surface area contributed by atoms with Gasteiger partial charge in [-0.25, -0.2) is 0 Å². The number of rotatable bonds is 3. The third kappa shape index (κ3) is 3.48. The van der Waals surface area contributed by atoms with Crippen molar-refractivity contribution in [1.82, 2.24) is 4.90 Å². The molecule has 0 radical (unpaired) electrons. The van der Waals surface area contributed by atoms with Crippen molar-refractivity contribution in [2.75, 3.05) is 13.1 Å². The Balaban J connectivity index is 2.66. The van der Waals surface area contributed by atoms with E-state index in [4.69, 9.17) is 28.3 Å². The van der Waals surface area contributed by atoms with Crippen LogP contribution in [0.4, 0.5) is 0 Å². The van der Waals surface area contributed by atoms with Gasteiger partial charge in [-0.2, -0.15) is 0 Å². The Morgan fingerprint density at radius 3 is 2.29 bits per heavy atom. The third-order valence-electron chi connectivity index (χ3n) is 2.32. The fourth-order valence-corrected chi connectivity index (χ4v) is 1.89. The normalized spacial score (nSPS) is 20.1. The van der Waals surface area contributed by atoms with Crippen LogP contribution >= 0.6 is 23.2 Å². The molecule has 1 fully saturated rings. The summed E-state index contributed by atoms with van der Waals surface area (Å²) in [6, 6.07) is -0.680. The second-order valence-corrected chi connectivity index (χ2v) is 4.34. The second-order valence-electron chi connectivity index (χ2n) is 3.34. The summed E-state index contributed by atoms with van der Waals surface area (Å²) in [4.78, 5) is 12.8. The first-order valence-corrected chi connectivity index (χ1v) is 5.36. The first-order valence-electron chi connectivity index (χ1n) is 4.61. The molecule has 1 heterocycles. The van der Waals surface area contributed by atoms with E-state index in [0.29, 0.717) is 0 Å². The Bertz CT molecular complexity index is 233. The highest BCUT2D eigenvalue weighted by atomic mass is 35.5. The van der Waals surface area contributed by atoms with Crippen molar-refractivity contribution in [2.24, 2.45) is 0 Å². The number of halogens is 2. The highest BCUT2D eigenvalue weighted by Gasteiger charge is 2.24. The Kier molecular flexibility index (Phi) is 4.72. The van der Waals surface area contributed by atoms with E-state index in [1.807, 2.05) is 4.90 Å². The number of aliphatic carboxylic acids is 1. The zero-order valence-corrected chi connectivity index (χ0v) is 9.26. The summed E-state index contributed by atoms with van der Waals surface area (Å²) in [5.41, 5.74) is 0. The van der Waals surface area contributed by atoms with Gasteiger partial charge in [0, 0.05) is 0 Å². The van der Waals surface area contributed by atoms with Crippen LogP contribution in [0.1, 0.15) is 19.3 Å². The molecule has 0 spiro atoms. The number of hydrogen-bond acceptors (Lipinski definition) is 2. The van der Waals surface area contributed by atoms with Crippen LogP contribution in [0, 0.1) is 0 Å². The van der Waals surface area contributed by atoms with Gasteiger partial charge in [0.25, 0.3) is 0 Å². The molecule has 0 aliphatic carbocycles. The number of carbonyl (C=O) groups is 1. The van der Waals surface area contributed by atoms with E-state index < -0.39 is 12.0 Å². The molecule has 0 bridgehead atoms. The smallest absolute Gasteiger partial charge is 0.325 e. The van der Waals surface area contributed by atoms with E-state index >= 15 is 0 Å². The lowest BCUT2D eigenvalue weighted by Gasteiger charge is -2.30. The Morgan fingerprint density at radius 1 is 1.29 bits per heavy atom. The average molecular weight is 238 g/mol. The van der Waals surface area contributed by atoms with E-state index in [2.05, 4.69) is 0 Å². The molecule has 0 aromatic rings. The summed E-state index contributed by atoms with van der Waals surface area (Å²) < 4.78 is 0.0166. The van der Waals surface area contributed by atoms with Crippen molar-refractivity contribution < 1.29 is 9.90 Å². The van der Waals surface area contributed by atoms with Crippen molar-refractivity contribution in [1.29, 1.82) is 0 Å². The van der Waals surface area contributed by atoms with Crippen molar-refractivity contribution >= 4 is 29.2 Å². The molecular formula is C9H13Cl2NO2. The van der Waals surface area contributed by atoms with Crippen molar-refractivity contribution in [2.45, 2.75) is 25.3 Å². The number of likely N-dealkylation sites (tertiary alicyclic amines) is 1. The predicted octanol–water partition coefficient (Wildman–Crippen LogP) is 2.24. The number of carboxylic acids is 1. The van der Waals surface area contributed by atoms with E-state index in [-0.39, 0.29) is 4.49 Å². The molecule has 1 atom stereocenters. The molecule has 1 rings (SSSR count). The van der Waals surface area contributed by atoms with Gasteiger partial charge in [0.05, 0.1) is 0 Å². The summed E-state index contributed by atoms with van der Waals surface area (Å²) in [6.45, 7) is 1.60. The first-order chi connectivity index (χ1) is 6.61. The van der Waals surface area contributed by atoms with Gasteiger partial charge in [0.2, 0.25) is 0 Å². The van der Waals surface area contributed by atoms with Gasteiger partial charge < -0.3 is 5.11 Å². The number of hydrogen-bond donors (Lipinski definition) is 1. The van der Waals surface area contributed by atoms with Crippen LogP contribution in [-0.4, -0.2) is 35.1 Å². The topological polar surface area (TPSA) is 40.5 Å². The lowest BCUT2D eigenvalue weighted by Crippen LogP contribution is -2.42. The maximum Gasteiger partial charge on any atom is 0.325 e. The molecule has 0 saturated carbocycles. The van der Waals surface area contributed by atoms with Crippen LogP contribution in [-0.2, 0) is 4.79 Å². The second kappa shape index (κ2) is 5.59. The molecule has 1 N–H and O–H groups in total. The van der Waals surface area contributed by atoms with Crippen LogP contribution in [0.15, 0.2) is 10.6 Å². The number of piperidine rings is 1. The van der Waals surface area contributed by atoms with Crippen LogP contribution in [0.25, 0.3) is 0 Å². The molecule has 3 nitrogen and oxygen atoms in total. The third-order valence-corrected chi connectivity index (χ3v) is 2.57. The largest absolute Gasteiger partial charge is 0.480 e. The minimum atomic E-state index is -0.898. The van der Waals surface area contributed by atoms with Gasteiger partial charge in [-0.1, -0.05) is 29.6 Å². The van der Waals surface area contributed by atoms with Crippen molar-refractivity contribution in [3.63, 3.8) is 0 Å². The summed E-state index contributed by atoms with van der Waals surface area (Å²) >= 11 is 10.9. The van der Waals surface area contributed by atoms with Gasteiger partial charge in [0.1, 0.15) is 10.5 Å². The van der Waals surface area contributed by atoms with Crippen LogP contribution in [0.2, 0.25) is 0 Å². The summed E-state index contributed by atoms with van der Waals surface area (Å²) in [6.07, 6.45) is 4.62. The predicted molar refractivity (Wildman–Crippen MR) is 56.6 cm³/mol. The SMILES string of the molecule is O=C(O)C(C=C(Cl)Cl)N1CCCCC1. The molecule has 80 valence electrons. The standard InChI is InChI=1S/C9H13Cl2NO2/c10-8(11)6-7(9(13)14)12-4-2-1-3-5-12/h6-7H,1-5H2,(H,13,14). The fraction of sp³-hybridized carbons (Fsp3) is 0.667. The zero-order valence-electron chi connectivity index (χ0n) is 7.75. The fourth-order valence-electron chi connectivity index (χ4n) is 1.65. The molecule has 14 heavy (non-hydrogen) atoms. The van der Waals surface area contributed by atoms with Gasteiger partial charge in [-0.05, 0) is 32.0 Å². The molecule has 5 heteroatoms. The number of carboxylic acid groups (broad SMARTS) is 1.